The van der Waals surface area contributed by atoms with Gasteiger partial charge in [0.15, 0.2) is 0 Å². The lowest BCUT2D eigenvalue weighted by atomic mass is 9.85. The summed E-state index contributed by atoms with van der Waals surface area (Å²) in [5.74, 6) is -0.451. The van der Waals surface area contributed by atoms with Crippen LogP contribution >= 0.6 is 0 Å². The van der Waals surface area contributed by atoms with E-state index in [1.165, 1.54) is 17.7 Å². The van der Waals surface area contributed by atoms with Crippen molar-refractivity contribution in [2.45, 2.75) is 25.7 Å². The summed E-state index contributed by atoms with van der Waals surface area (Å²) in [5, 5.41) is 3.36. The van der Waals surface area contributed by atoms with Crippen LogP contribution < -0.4 is 10.4 Å². The maximum atomic E-state index is 15.0. The first kappa shape index (κ1) is 13.9. The van der Waals surface area contributed by atoms with E-state index in [2.05, 4.69) is 18.2 Å². The number of hydrogen-bond acceptors (Lipinski definition) is 0. The topological polar surface area (TPSA) is 0 Å². The largest absolute Gasteiger partial charge is 0.207 e. The molecule has 2 heteroatoms. The third kappa shape index (κ3) is 1.89. The summed E-state index contributed by atoms with van der Waals surface area (Å²) in [6.07, 6.45) is 12.2. The normalized spacial score (nSPS) is 17.2. The van der Waals surface area contributed by atoms with Crippen molar-refractivity contribution in [1.82, 2.24) is 0 Å². The third-order valence-electron chi connectivity index (χ3n) is 5.33. The second-order valence-corrected chi connectivity index (χ2v) is 6.73. The smallest absolute Gasteiger partial charge is 0.131 e. The standard InChI is InChI=1S/C22H16F2/c23-16-9-8-15-10-19-18(17(15)11-16)12-20(24)22(14-6-3-7-14)21(19)13-4-1-2-5-13/h1-2,4,8-12H,3,5-7H2. The van der Waals surface area contributed by atoms with E-state index < -0.39 is 0 Å². The average Bonchev–Trinajstić information content (AvgIpc) is 3.14. The second-order valence-electron chi connectivity index (χ2n) is 6.73. The van der Waals surface area contributed by atoms with Crippen molar-refractivity contribution < 1.29 is 8.78 Å². The summed E-state index contributed by atoms with van der Waals surface area (Å²) in [4.78, 5) is 0. The minimum absolute atomic E-state index is 0.170. The van der Waals surface area contributed by atoms with E-state index in [9.17, 15) is 4.39 Å². The van der Waals surface area contributed by atoms with Crippen molar-refractivity contribution in [3.8, 4) is 0 Å². The molecule has 3 aliphatic rings. The molecule has 0 spiro atoms. The van der Waals surface area contributed by atoms with E-state index >= 15 is 4.39 Å². The maximum Gasteiger partial charge on any atom is 0.131 e. The minimum atomic E-state index is -0.281. The molecule has 0 unspecified atom stereocenters. The Bertz CT molecular complexity index is 1160. The first-order valence-electron chi connectivity index (χ1n) is 8.44. The van der Waals surface area contributed by atoms with Gasteiger partial charge in [-0.05, 0) is 82.3 Å². The fourth-order valence-corrected chi connectivity index (χ4v) is 4.00. The van der Waals surface area contributed by atoms with Gasteiger partial charge in [0.05, 0.1) is 0 Å². The van der Waals surface area contributed by atoms with Crippen LogP contribution in [-0.4, -0.2) is 0 Å². The Balaban J connectivity index is 1.99. The number of allylic oxidation sites excluding steroid dienone is 4. The van der Waals surface area contributed by atoms with Crippen LogP contribution in [0.5, 0.6) is 0 Å². The van der Waals surface area contributed by atoms with E-state index in [0.29, 0.717) is 0 Å². The van der Waals surface area contributed by atoms with Crippen molar-refractivity contribution in [3.63, 3.8) is 0 Å². The Morgan fingerprint density at radius 3 is 2.54 bits per heavy atom. The first-order chi connectivity index (χ1) is 11.7. The van der Waals surface area contributed by atoms with Gasteiger partial charge in [-0.15, -0.1) is 0 Å². The average molecular weight is 318 g/mol. The molecule has 0 aliphatic heterocycles. The first-order valence-corrected chi connectivity index (χ1v) is 8.44. The molecule has 5 rings (SSSR count). The molecule has 2 aromatic rings. The lowest BCUT2D eigenvalue weighted by Gasteiger charge is -2.20. The fourth-order valence-electron chi connectivity index (χ4n) is 4.00. The molecule has 0 atom stereocenters. The van der Waals surface area contributed by atoms with Crippen molar-refractivity contribution in [3.05, 3.63) is 86.1 Å². The molecule has 1 fully saturated rings. The molecule has 3 aliphatic carbocycles. The summed E-state index contributed by atoms with van der Waals surface area (Å²) in [7, 11) is 0. The number of halogens is 2. The van der Waals surface area contributed by atoms with Crippen molar-refractivity contribution >= 4 is 17.2 Å². The van der Waals surface area contributed by atoms with Gasteiger partial charge >= 0.3 is 0 Å². The lowest BCUT2D eigenvalue weighted by Crippen LogP contribution is -2.22. The Morgan fingerprint density at radius 1 is 0.958 bits per heavy atom. The molecule has 0 N–H and O–H groups in total. The van der Waals surface area contributed by atoms with Crippen molar-refractivity contribution in [1.29, 1.82) is 0 Å². The van der Waals surface area contributed by atoms with Gasteiger partial charge in [0.1, 0.15) is 11.6 Å². The minimum Gasteiger partial charge on any atom is -0.207 e. The van der Waals surface area contributed by atoms with Crippen LogP contribution in [0.3, 0.4) is 0 Å². The van der Waals surface area contributed by atoms with Gasteiger partial charge in [0.2, 0.25) is 0 Å². The summed E-state index contributed by atoms with van der Waals surface area (Å²) in [6.45, 7) is 0. The highest BCUT2D eigenvalue weighted by Gasteiger charge is 2.21. The number of fused-ring (bicyclic) bond motifs is 2. The second kappa shape index (κ2) is 5.01. The highest BCUT2D eigenvalue weighted by molar-refractivity contribution is 5.81. The van der Waals surface area contributed by atoms with Gasteiger partial charge in [0.25, 0.3) is 0 Å². The summed E-state index contributed by atoms with van der Waals surface area (Å²) >= 11 is 0. The zero-order valence-corrected chi connectivity index (χ0v) is 13.2. The van der Waals surface area contributed by atoms with Crippen LogP contribution in [0.15, 0.2) is 42.5 Å². The Morgan fingerprint density at radius 2 is 1.83 bits per heavy atom. The zero-order valence-electron chi connectivity index (χ0n) is 13.2. The van der Waals surface area contributed by atoms with E-state index in [0.717, 1.165) is 63.3 Å². The number of hydrogen-bond donors (Lipinski definition) is 0. The molecule has 0 heterocycles. The van der Waals surface area contributed by atoms with Crippen LogP contribution in [0.25, 0.3) is 17.2 Å². The molecule has 0 amide bonds. The fraction of sp³-hybridized carbons (Fsp3) is 0.182. The Kier molecular flexibility index (Phi) is 2.90. The van der Waals surface area contributed by atoms with E-state index in [-0.39, 0.29) is 11.6 Å². The van der Waals surface area contributed by atoms with E-state index in [1.54, 1.807) is 12.1 Å². The molecule has 0 aromatic heterocycles. The van der Waals surface area contributed by atoms with Gasteiger partial charge < -0.3 is 0 Å². The molecule has 24 heavy (non-hydrogen) atoms. The molecule has 1 saturated carbocycles. The predicted molar refractivity (Wildman–Crippen MR) is 92.3 cm³/mol. The van der Waals surface area contributed by atoms with Gasteiger partial charge in [-0.25, -0.2) is 8.78 Å². The van der Waals surface area contributed by atoms with Gasteiger partial charge in [-0.2, -0.15) is 0 Å². The number of benzene rings is 2. The van der Waals surface area contributed by atoms with Crippen molar-refractivity contribution in [2.75, 3.05) is 0 Å². The van der Waals surface area contributed by atoms with Crippen LogP contribution in [0.1, 0.15) is 36.8 Å². The Hall–Kier alpha value is -2.48. The molecule has 2 aromatic carbocycles. The third-order valence-corrected chi connectivity index (χ3v) is 5.33. The van der Waals surface area contributed by atoms with Gasteiger partial charge in [0, 0.05) is 5.22 Å². The monoisotopic (exact) mass is 318 g/mol. The molecule has 118 valence electrons. The molecular formula is C22H16F2. The van der Waals surface area contributed by atoms with Gasteiger partial charge in [-0.1, -0.05) is 29.9 Å². The summed E-state index contributed by atoms with van der Waals surface area (Å²) < 4.78 is 28.7. The van der Waals surface area contributed by atoms with E-state index in [1.807, 2.05) is 6.08 Å². The summed E-state index contributed by atoms with van der Waals surface area (Å²) in [5.41, 5.74) is 4.43. The molecular weight excluding hydrogens is 302 g/mol. The highest BCUT2D eigenvalue weighted by atomic mass is 19.1. The quantitative estimate of drug-likeness (QED) is 0.634. The highest BCUT2D eigenvalue weighted by Crippen LogP contribution is 2.31. The van der Waals surface area contributed by atoms with Crippen LogP contribution in [0.2, 0.25) is 0 Å². The molecule has 0 saturated heterocycles. The molecule has 0 radical (unpaired) electrons. The Labute approximate surface area is 138 Å². The maximum absolute atomic E-state index is 15.0. The lowest BCUT2D eigenvalue weighted by molar-refractivity contribution is 0.609. The van der Waals surface area contributed by atoms with Crippen LogP contribution in [0, 0.1) is 22.1 Å². The van der Waals surface area contributed by atoms with Crippen LogP contribution in [-0.2, 0) is 0 Å². The molecule has 0 nitrogen and oxygen atoms in total. The van der Waals surface area contributed by atoms with Crippen LogP contribution in [0.4, 0.5) is 8.78 Å². The van der Waals surface area contributed by atoms with Crippen molar-refractivity contribution in [2.24, 2.45) is 0 Å². The van der Waals surface area contributed by atoms with Gasteiger partial charge in [-0.3, -0.25) is 0 Å². The zero-order chi connectivity index (χ0) is 16.3. The molecule has 0 bridgehead atoms. The predicted octanol–water partition coefficient (Wildman–Crippen LogP) is 4.07. The SMILES string of the molecule is Fc1ccc2c(c1)=c1cc(F)c(=C3CCC3)c(C3=CC=CC3)c1C=2. The van der Waals surface area contributed by atoms with E-state index in [4.69, 9.17) is 0 Å². The summed E-state index contributed by atoms with van der Waals surface area (Å²) in [6, 6.07) is 6.36. The number of rotatable bonds is 1.